The van der Waals surface area contributed by atoms with E-state index in [1.165, 1.54) is 32.4 Å². The van der Waals surface area contributed by atoms with Crippen LogP contribution in [-0.2, 0) is 4.74 Å². The summed E-state index contributed by atoms with van der Waals surface area (Å²) in [6.45, 7) is 1.28. The maximum atomic E-state index is 12.2. The summed E-state index contributed by atoms with van der Waals surface area (Å²) in [6, 6.07) is 1.50. The molecule has 4 atom stereocenters. The number of nitrogens with zero attached hydrogens (tertiary/aromatic N) is 1. The first-order valence-corrected chi connectivity index (χ1v) is 8.20. The van der Waals surface area contributed by atoms with Gasteiger partial charge in [-0.2, -0.15) is 13.2 Å². The van der Waals surface area contributed by atoms with Crippen LogP contribution >= 0.6 is 0 Å². The summed E-state index contributed by atoms with van der Waals surface area (Å²) < 4.78 is 41.8. The highest BCUT2D eigenvalue weighted by atomic mass is 19.4. The van der Waals surface area contributed by atoms with Gasteiger partial charge in [-0.25, -0.2) is 0 Å². The summed E-state index contributed by atoms with van der Waals surface area (Å²) in [4.78, 5) is 2.55. The lowest BCUT2D eigenvalue weighted by Gasteiger charge is -2.33. The van der Waals surface area contributed by atoms with Gasteiger partial charge in [0.05, 0.1) is 6.10 Å². The van der Waals surface area contributed by atoms with Gasteiger partial charge in [0.2, 0.25) is 0 Å². The van der Waals surface area contributed by atoms with E-state index in [2.05, 4.69) is 10.2 Å². The lowest BCUT2D eigenvalue weighted by molar-refractivity contribution is -0.188. The zero-order chi connectivity index (χ0) is 14.9. The molecule has 0 bridgehead atoms. The van der Waals surface area contributed by atoms with Crippen LogP contribution in [0.4, 0.5) is 13.2 Å². The van der Waals surface area contributed by atoms with Gasteiger partial charge >= 0.3 is 6.18 Å². The van der Waals surface area contributed by atoms with Crippen molar-refractivity contribution in [2.75, 3.05) is 19.7 Å². The van der Waals surface area contributed by atoms with Crippen molar-refractivity contribution in [1.82, 2.24) is 10.2 Å². The van der Waals surface area contributed by atoms with Crippen LogP contribution < -0.4 is 5.32 Å². The first kappa shape index (κ1) is 15.6. The van der Waals surface area contributed by atoms with E-state index < -0.39 is 12.8 Å². The van der Waals surface area contributed by atoms with Crippen molar-refractivity contribution in [3.63, 3.8) is 0 Å². The number of alkyl halides is 3. The van der Waals surface area contributed by atoms with Gasteiger partial charge in [-0.3, -0.25) is 4.90 Å². The molecular weight excluding hydrogens is 281 g/mol. The maximum Gasteiger partial charge on any atom is 0.411 e. The number of nitrogens with one attached hydrogen (secondary N) is 1. The van der Waals surface area contributed by atoms with Crippen molar-refractivity contribution in [3.8, 4) is 0 Å². The molecule has 2 heterocycles. The highest BCUT2D eigenvalue weighted by molar-refractivity contribution is 4.97. The topological polar surface area (TPSA) is 24.5 Å². The third-order valence-electron chi connectivity index (χ3n) is 5.16. The number of fused-ring (bicyclic) bond motifs is 1. The second-order valence-corrected chi connectivity index (χ2v) is 6.72. The molecule has 2 saturated heterocycles. The molecule has 0 radical (unpaired) electrons. The maximum absolute atomic E-state index is 12.2. The number of ether oxygens (including phenoxy) is 1. The fourth-order valence-corrected chi connectivity index (χ4v) is 4.24. The van der Waals surface area contributed by atoms with Crippen LogP contribution in [0.15, 0.2) is 0 Å². The van der Waals surface area contributed by atoms with Crippen LogP contribution in [0, 0.1) is 0 Å². The Kier molecular flexibility index (Phi) is 4.76. The van der Waals surface area contributed by atoms with Gasteiger partial charge in [0.15, 0.2) is 0 Å². The zero-order valence-corrected chi connectivity index (χ0v) is 12.4. The van der Waals surface area contributed by atoms with Crippen molar-refractivity contribution in [3.05, 3.63) is 0 Å². The highest BCUT2D eigenvalue weighted by Crippen LogP contribution is 2.30. The largest absolute Gasteiger partial charge is 0.411 e. The zero-order valence-electron chi connectivity index (χ0n) is 12.4. The van der Waals surface area contributed by atoms with Gasteiger partial charge in [0.25, 0.3) is 0 Å². The fourth-order valence-electron chi connectivity index (χ4n) is 4.24. The SMILES string of the molecule is FC(F)(F)COC1CCCC(NC2CCN3CCCC23)C1. The molecule has 2 aliphatic heterocycles. The third kappa shape index (κ3) is 4.11. The lowest BCUT2D eigenvalue weighted by atomic mass is 9.91. The van der Waals surface area contributed by atoms with Crippen LogP contribution in [0.3, 0.4) is 0 Å². The summed E-state index contributed by atoms with van der Waals surface area (Å²) in [5, 5.41) is 3.71. The Bertz CT molecular complexity index is 350. The standard InChI is InChI=1S/C15H25F3N2O/c16-15(17,18)10-21-12-4-1-3-11(9-12)19-13-6-8-20-7-2-5-14(13)20/h11-14,19H,1-10H2. The quantitative estimate of drug-likeness (QED) is 0.864. The Morgan fingerprint density at radius 3 is 2.71 bits per heavy atom. The second kappa shape index (κ2) is 6.42. The summed E-state index contributed by atoms with van der Waals surface area (Å²) in [7, 11) is 0. The van der Waals surface area contributed by atoms with Crippen molar-refractivity contribution >= 4 is 0 Å². The molecule has 3 nitrogen and oxygen atoms in total. The predicted molar refractivity (Wildman–Crippen MR) is 74.2 cm³/mol. The smallest absolute Gasteiger partial charge is 0.369 e. The van der Waals surface area contributed by atoms with Gasteiger partial charge in [-0.15, -0.1) is 0 Å². The van der Waals surface area contributed by atoms with Crippen molar-refractivity contribution in [2.45, 2.75) is 75.4 Å². The minimum Gasteiger partial charge on any atom is -0.369 e. The van der Waals surface area contributed by atoms with E-state index in [-0.39, 0.29) is 6.10 Å². The molecule has 3 fully saturated rings. The molecule has 21 heavy (non-hydrogen) atoms. The Hall–Kier alpha value is -0.330. The third-order valence-corrected chi connectivity index (χ3v) is 5.16. The van der Waals surface area contributed by atoms with Gasteiger partial charge in [0, 0.05) is 24.7 Å². The molecule has 4 unspecified atom stereocenters. The Morgan fingerprint density at radius 2 is 1.90 bits per heavy atom. The van der Waals surface area contributed by atoms with Crippen LogP contribution in [0.2, 0.25) is 0 Å². The van der Waals surface area contributed by atoms with E-state index >= 15 is 0 Å². The molecule has 0 aromatic carbocycles. The fraction of sp³-hybridized carbons (Fsp3) is 1.00. The molecule has 3 rings (SSSR count). The molecule has 0 aromatic heterocycles. The summed E-state index contributed by atoms with van der Waals surface area (Å²) >= 11 is 0. The Balaban J connectivity index is 1.45. The molecule has 6 heteroatoms. The number of rotatable bonds is 4. The Labute approximate surface area is 124 Å². The molecule has 0 amide bonds. The number of hydrogen-bond donors (Lipinski definition) is 1. The summed E-state index contributed by atoms with van der Waals surface area (Å²) in [6.07, 6.45) is 2.78. The van der Waals surface area contributed by atoms with E-state index in [0.717, 1.165) is 25.7 Å². The molecule has 1 aliphatic carbocycles. The molecule has 0 aromatic rings. The normalized spacial score (nSPS) is 37.9. The van der Waals surface area contributed by atoms with E-state index in [9.17, 15) is 13.2 Å². The van der Waals surface area contributed by atoms with Gasteiger partial charge in [-0.1, -0.05) is 0 Å². The van der Waals surface area contributed by atoms with Crippen LogP contribution in [0.1, 0.15) is 44.9 Å². The van der Waals surface area contributed by atoms with Crippen molar-refractivity contribution < 1.29 is 17.9 Å². The second-order valence-electron chi connectivity index (χ2n) is 6.72. The summed E-state index contributed by atoms with van der Waals surface area (Å²) in [5.41, 5.74) is 0. The minimum absolute atomic E-state index is 0.237. The first-order valence-electron chi connectivity index (χ1n) is 8.20. The lowest BCUT2D eigenvalue weighted by Crippen LogP contribution is -2.47. The molecule has 1 saturated carbocycles. The highest BCUT2D eigenvalue weighted by Gasteiger charge is 2.38. The molecule has 122 valence electrons. The predicted octanol–water partition coefficient (Wildman–Crippen LogP) is 2.70. The van der Waals surface area contributed by atoms with Gasteiger partial charge < -0.3 is 10.1 Å². The van der Waals surface area contributed by atoms with Crippen LogP contribution in [0.25, 0.3) is 0 Å². The van der Waals surface area contributed by atoms with E-state index in [4.69, 9.17) is 4.74 Å². The van der Waals surface area contributed by atoms with E-state index in [1.807, 2.05) is 0 Å². The molecule has 1 N–H and O–H groups in total. The van der Waals surface area contributed by atoms with E-state index in [1.54, 1.807) is 0 Å². The molecule has 0 spiro atoms. The minimum atomic E-state index is -4.21. The van der Waals surface area contributed by atoms with Crippen molar-refractivity contribution in [2.24, 2.45) is 0 Å². The average molecular weight is 306 g/mol. The monoisotopic (exact) mass is 306 g/mol. The number of halogens is 3. The average Bonchev–Trinajstić information content (AvgIpc) is 3.01. The first-order chi connectivity index (χ1) is 10.0. The Morgan fingerprint density at radius 1 is 1.05 bits per heavy atom. The van der Waals surface area contributed by atoms with Gasteiger partial charge in [0.1, 0.15) is 6.61 Å². The summed E-state index contributed by atoms with van der Waals surface area (Å²) in [5.74, 6) is 0. The molecule has 3 aliphatic rings. The van der Waals surface area contributed by atoms with E-state index in [0.29, 0.717) is 18.1 Å². The van der Waals surface area contributed by atoms with Crippen molar-refractivity contribution in [1.29, 1.82) is 0 Å². The van der Waals surface area contributed by atoms with Crippen LogP contribution in [0.5, 0.6) is 0 Å². The molecular formula is C15H25F3N2O. The van der Waals surface area contributed by atoms with Gasteiger partial charge in [-0.05, 0) is 51.5 Å². The van der Waals surface area contributed by atoms with Crippen LogP contribution in [-0.4, -0.2) is 55.0 Å². The number of hydrogen-bond acceptors (Lipinski definition) is 3.